The molecule has 0 saturated carbocycles. The molecule has 0 unspecified atom stereocenters. The van der Waals surface area contributed by atoms with Crippen LogP contribution in [0.1, 0.15) is 20.8 Å². The van der Waals surface area contributed by atoms with E-state index in [1.807, 2.05) is 30.3 Å². The Morgan fingerprint density at radius 2 is 1.89 bits per heavy atom. The van der Waals surface area contributed by atoms with Crippen molar-refractivity contribution in [1.82, 2.24) is 5.06 Å². The number of anilines is 1. The van der Waals surface area contributed by atoms with Gasteiger partial charge in [-0.1, -0.05) is 18.2 Å². The molecule has 100 valence electrons. The molecule has 5 heteroatoms. The number of rotatable bonds is 4. The van der Waals surface area contributed by atoms with Crippen molar-refractivity contribution in [2.75, 3.05) is 19.1 Å². The molecule has 1 amide bonds. The van der Waals surface area contributed by atoms with Crippen LogP contribution in [0, 0.1) is 0 Å². The molecule has 1 aromatic rings. The third kappa shape index (κ3) is 5.54. The lowest BCUT2D eigenvalue weighted by atomic mass is 10.2. The van der Waals surface area contributed by atoms with Gasteiger partial charge in [0.2, 0.25) is 0 Å². The molecular weight excluding hydrogens is 232 g/mol. The number of para-hydroxylation sites is 1. The highest BCUT2D eigenvalue weighted by Crippen LogP contribution is 2.09. The molecule has 0 saturated heterocycles. The molecule has 1 N–H and O–H groups in total. The van der Waals surface area contributed by atoms with E-state index in [9.17, 15) is 4.79 Å². The molecule has 0 radical (unpaired) electrons. The predicted octanol–water partition coefficient (Wildman–Crippen LogP) is 2.85. The highest BCUT2D eigenvalue weighted by Gasteiger charge is 2.19. The van der Waals surface area contributed by atoms with E-state index in [4.69, 9.17) is 9.57 Å². The molecule has 0 bridgehead atoms. The van der Waals surface area contributed by atoms with Crippen molar-refractivity contribution in [3.8, 4) is 0 Å². The zero-order valence-electron chi connectivity index (χ0n) is 11.3. The van der Waals surface area contributed by atoms with Gasteiger partial charge in [0.05, 0.1) is 0 Å². The van der Waals surface area contributed by atoms with Crippen LogP contribution in [0.2, 0.25) is 0 Å². The number of carbonyl (C=O) groups is 1. The zero-order valence-corrected chi connectivity index (χ0v) is 11.3. The predicted molar refractivity (Wildman–Crippen MR) is 70.0 cm³/mol. The van der Waals surface area contributed by atoms with E-state index >= 15 is 0 Å². The van der Waals surface area contributed by atoms with E-state index in [1.54, 1.807) is 20.8 Å². The fraction of sp³-hybridized carbons (Fsp3) is 0.462. The molecule has 0 fully saturated rings. The van der Waals surface area contributed by atoms with Gasteiger partial charge in [-0.3, -0.25) is 0 Å². The molecule has 0 aliphatic rings. The molecule has 0 heterocycles. The Balaban J connectivity index is 2.29. The van der Waals surface area contributed by atoms with Gasteiger partial charge in [0.25, 0.3) is 0 Å². The normalized spacial score (nSPS) is 10.9. The number of amides is 1. The molecule has 1 aromatic carbocycles. The van der Waals surface area contributed by atoms with E-state index in [0.717, 1.165) is 10.8 Å². The number of nitrogens with zero attached hydrogens (tertiary/aromatic N) is 1. The lowest BCUT2D eigenvalue weighted by molar-refractivity contribution is -0.124. The largest absolute Gasteiger partial charge is 0.442 e. The first-order valence-corrected chi connectivity index (χ1v) is 5.77. The van der Waals surface area contributed by atoms with E-state index < -0.39 is 11.7 Å². The maximum atomic E-state index is 11.6. The first-order chi connectivity index (χ1) is 8.38. The molecule has 0 aliphatic heterocycles. The minimum absolute atomic E-state index is 0.194. The SMILES string of the molecule is CN(OCNc1ccccc1)C(=O)OC(C)(C)C. The molecule has 0 spiro atoms. The average Bonchev–Trinajstić information content (AvgIpc) is 2.28. The monoisotopic (exact) mass is 252 g/mol. The van der Waals surface area contributed by atoms with E-state index in [1.165, 1.54) is 7.05 Å². The maximum Gasteiger partial charge on any atom is 0.434 e. The van der Waals surface area contributed by atoms with Gasteiger partial charge in [0.1, 0.15) is 12.3 Å². The lowest BCUT2D eigenvalue weighted by Gasteiger charge is -2.24. The molecule has 1 rings (SSSR count). The molecule has 0 aliphatic carbocycles. The van der Waals surface area contributed by atoms with Crippen LogP contribution in [0.4, 0.5) is 10.5 Å². The number of benzene rings is 1. The highest BCUT2D eigenvalue weighted by atomic mass is 16.7. The second-order valence-electron chi connectivity index (χ2n) is 4.79. The van der Waals surface area contributed by atoms with Crippen LogP contribution in [0.25, 0.3) is 0 Å². The Morgan fingerprint density at radius 1 is 1.28 bits per heavy atom. The van der Waals surface area contributed by atoms with Crippen molar-refractivity contribution < 1.29 is 14.4 Å². The van der Waals surface area contributed by atoms with Gasteiger partial charge in [-0.05, 0) is 32.9 Å². The summed E-state index contributed by atoms with van der Waals surface area (Å²) < 4.78 is 5.14. The summed E-state index contributed by atoms with van der Waals surface area (Å²) in [4.78, 5) is 16.8. The van der Waals surface area contributed by atoms with Crippen LogP contribution in [-0.2, 0) is 9.57 Å². The minimum atomic E-state index is -0.526. The maximum absolute atomic E-state index is 11.6. The summed E-state index contributed by atoms with van der Waals surface area (Å²) in [6.07, 6.45) is -0.516. The minimum Gasteiger partial charge on any atom is -0.442 e. The van der Waals surface area contributed by atoms with Crippen molar-refractivity contribution in [3.05, 3.63) is 30.3 Å². The Labute approximate surface area is 108 Å². The Bertz CT molecular complexity index is 374. The van der Waals surface area contributed by atoms with Gasteiger partial charge in [0, 0.05) is 12.7 Å². The number of hydroxylamine groups is 2. The van der Waals surface area contributed by atoms with Crippen LogP contribution < -0.4 is 5.32 Å². The summed E-state index contributed by atoms with van der Waals surface area (Å²) in [7, 11) is 1.51. The summed E-state index contributed by atoms with van der Waals surface area (Å²) in [6.45, 7) is 5.61. The molecule has 0 atom stereocenters. The van der Waals surface area contributed by atoms with Gasteiger partial charge in [-0.25, -0.2) is 9.63 Å². The van der Waals surface area contributed by atoms with Crippen LogP contribution in [0.5, 0.6) is 0 Å². The van der Waals surface area contributed by atoms with Crippen molar-refractivity contribution in [3.63, 3.8) is 0 Å². The highest BCUT2D eigenvalue weighted by molar-refractivity contribution is 5.66. The van der Waals surface area contributed by atoms with Gasteiger partial charge in [-0.15, -0.1) is 0 Å². The van der Waals surface area contributed by atoms with Crippen molar-refractivity contribution in [2.24, 2.45) is 0 Å². The third-order valence-corrected chi connectivity index (χ3v) is 1.96. The summed E-state index contributed by atoms with van der Waals surface area (Å²) in [5.41, 5.74) is 0.400. The van der Waals surface area contributed by atoms with E-state index in [-0.39, 0.29) is 6.73 Å². The number of hydrogen-bond donors (Lipinski definition) is 1. The molecule has 0 aromatic heterocycles. The van der Waals surface area contributed by atoms with Gasteiger partial charge in [0.15, 0.2) is 0 Å². The molecule has 18 heavy (non-hydrogen) atoms. The standard InChI is InChI=1S/C13H20N2O3/c1-13(2,3)18-12(16)15(4)17-10-14-11-8-6-5-7-9-11/h5-9,14H,10H2,1-4H3. The fourth-order valence-electron chi connectivity index (χ4n) is 1.15. The number of hydrogen-bond acceptors (Lipinski definition) is 4. The summed E-state index contributed by atoms with van der Waals surface area (Å²) in [6, 6.07) is 9.59. The average molecular weight is 252 g/mol. The van der Waals surface area contributed by atoms with Crippen molar-refractivity contribution in [1.29, 1.82) is 0 Å². The number of carbonyl (C=O) groups excluding carboxylic acids is 1. The number of nitrogens with one attached hydrogen (secondary N) is 1. The second-order valence-corrected chi connectivity index (χ2v) is 4.79. The zero-order chi connectivity index (χ0) is 13.6. The summed E-state index contributed by atoms with van der Waals surface area (Å²) in [5, 5.41) is 4.09. The van der Waals surface area contributed by atoms with Crippen LogP contribution in [-0.4, -0.2) is 30.5 Å². The first kappa shape index (κ1) is 14.3. The first-order valence-electron chi connectivity index (χ1n) is 5.77. The second kappa shape index (κ2) is 6.26. The van der Waals surface area contributed by atoms with Crippen molar-refractivity contribution in [2.45, 2.75) is 26.4 Å². The van der Waals surface area contributed by atoms with Crippen LogP contribution >= 0.6 is 0 Å². The fourth-order valence-corrected chi connectivity index (χ4v) is 1.15. The quantitative estimate of drug-likeness (QED) is 0.661. The summed E-state index contributed by atoms with van der Waals surface area (Å²) >= 11 is 0. The Hall–Kier alpha value is -1.75. The number of ether oxygens (including phenoxy) is 1. The Morgan fingerprint density at radius 3 is 2.44 bits per heavy atom. The van der Waals surface area contributed by atoms with E-state index in [0.29, 0.717) is 0 Å². The van der Waals surface area contributed by atoms with Gasteiger partial charge >= 0.3 is 6.09 Å². The van der Waals surface area contributed by atoms with Crippen molar-refractivity contribution >= 4 is 11.8 Å². The van der Waals surface area contributed by atoms with Crippen LogP contribution in [0.15, 0.2) is 30.3 Å². The van der Waals surface area contributed by atoms with E-state index in [2.05, 4.69) is 5.32 Å². The lowest BCUT2D eigenvalue weighted by Crippen LogP contribution is -2.35. The molecule has 5 nitrogen and oxygen atoms in total. The third-order valence-electron chi connectivity index (χ3n) is 1.96. The molecular formula is C13H20N2O3. The van der Waals surface area contributed by atoms with Gasteiger partial charge in [-0.2, -0.15) is 5.06 Å². The smallest absolute Gasteiger partial charge is 0.434 e. The van der Waals surface area contributed by atoms with Gasteiger partial charge < -0.3 is 10.1 Å². The topological polar surface area (TPSA) is 50.8 Å². The Kier molecular flexibility index (Phi) is 4.97. The van der Waals surface area contributed by atoms with Crippen LogP contribution in [0.3, 0.4) is 0 Å². The summed E-state index contributed by atoms with van der Waals surface area (Å²) in [5.74, 6) is 0.